The number of hydrogen-bond acceptors (Lipinski definition) is 6. The minimum Gasteiger partial charge on any atom is -0.462 e. The van der Waals surface area contributed by atoms with Crippen molar-refractivity contribution in [3.63, 3.8) is 0 Å². The van der Waals surface area contributed by atoms with Crippen molar-refractivity contribution >= 4 is 17.9 Å². The molecule has 0 fully saturated rings. The lowest BCUT2D eigenvalue weighted by molar-refractivity contribution is -0.167. The fourth-order valence-electron chi connectivity index (χ4n) is 9.11. The van der Waals surface area contributed by atoms with Crippen molar-refractivity contribution in [2.24, 2.45) is 0 Å². The molecule has 0 saturated carbocycles. The highest BCUT2D eigenvalue weighted by Gasteiger charge is 2.19. The molecule has 0 radical (unpaired) electrons. The Morgan fingerprint density at radius 1 is 0.259 bits per heavy atom. The number of unbranched alkanes of at least 4 members (excludes halogenated alkanes) is 27. The smallest absolute Gasteiger partial charge is 0.306 e. The maximum absolute atomic E-state index is 12.9. The number of ether oxygens (including phenoxy) is 3. The van der Waals surface area contributed by atoms with Crippen LogP contribution in [0.5, 0.6) is 0 Å². The van der Waals surface area contributed by atoms with Gasteiger partial charge in [-0.05, 0) is 122 Å². The second-order valence-electron chi connectivity index (χ2n) is 22.0. The molecule has 1 atom stereocenters. The van der Waals surface area contributed by atoms with Gasteiger partial charge in [0, 0.05) is 19.3 Å². The number of esters is 3. The number of carbonyl (C=O) groups excluding carboxylic acids is 3. The first kappa shape index (κ1) is 76.5. The van der Waals surface area contributed by atoms with Crippen LogP contribution >= 0.6 is 0 Å². The van der Waals surface area contributed by atoms with Crippen LogP contribution in [0.4, 0.5) is 0 Å². The molecule has 0 aromatic heterocycles. The third kappa shape index (κ3) is 66.2. The van der Waals surface area contributed by atoms with E-state index in [1.54, 1.807) is 0 Å². The molecule has 0 aliphatic rings. The van der Waals surface area contributed by atoms with Gasteiger partial charge in [-0.1, -0.05) is 296 Å². The second kappa shape index (κ2) is 68.1. The molecule has 0 aromatic carbocycles. The Bertz CT molecular complexity index is 1720. The molecule has 0 aliphatic heterocycles. The lowest BCUT2D eigenvalue weighted by Gasteiger charge is -2.18. The monoisotopic (exact) mass is 1120 g/mol. The molecule has 0 amide bonds. The van der Waals surface area contributed by atoms with Crippen LogP contribution in [-0.4, -0.2) is 37.2 Å². The van der Waals surface area contributed by atoms with Gasteiger partial charge in [-0.2, -0.15) is 0 Å². The molecule has 0 aliphatic carbocycles. The van der Waals surface area contributed by atoms with Gasteiger partial charge in [0.05, 0.1) is 0 Å². The van der Waals surface area contributed by atoms with Gasteiger partial charge in [0.1, 0.15) is 13.2 Å². The van der Waals surface area contributed by atoms with Gasteiger partial charge >= 0.3 is 17.9 Å². The van der Waals surface area contributed by atoms with Crippen molar-refractivity contribution in [2.75, 3.05) is 13.2 Å². The summed E-state index contributed by atoms with van der Waals surface area (Å²) in [6.45, 7) is 6.50. The maximum atomic E-state index is 12.9. The summed E-state index contributed by atoms with van der Waals surface area (Å²) in [4.78, 5) is 38.3. The van der Waals surface area contributed by atoms with Gasteiger partial charge in [-0.3, -0.25) is 14.4 Å². The molecular weight excluding hydrogens is 997 g/mol. The topological polar surface area (TPSA) is 78.9 Å². The molecule has 0 saturated heterocycles. The van der Waals surface area contributed by atoms with Crippen LogP contribution in [0.15, 0.2) is 134 Å². The van der Waals surface area contributed by atoms with Crippen LogP contribution in [-0.2, 0) is 28.6 Å². The first-order valence-corrected chi connectivity index (χ1v) is 33.7. The molecule has 6 heteroatoms. The van der Waals surface area contributed by atoms with E-state index in [2.05, 4.69) is 154 Å². The van der Waals surface area contributed by atoms with E-state index in [1.165, 1.54) is 116 Å². The number of hydrogen-bond donors (Lipinski definition) is 0. The quantitative estimate of drug-likeness (QED) is 0.0261. The van der Waals surface area contributed by atoms with Crippen LogP contribution in [0, 0.1) is 0 Å². The van der Waals surface area contributed by atoms with E-state index in [1.807, 2.05) is 0 Å². The van der Waals surface area contributed by atoms with Crippen molar-refractivity contribution in [1.82, 2.24) is 0 Å². The average Bonchev–Trinajstić information content (AvgIpc) is 3.47. The van der Waals surface area contributed by atoms with E-state index < -0.39 is 6.10 Å². The van der Waals surface area contributed by atoms with Gasteiger partial charge in [0.25, 0.3) is 0 Å². The minimum absolute atomic E-state index is 0.0891. The molecule has 0 spiro atoms. The Labute approximate surface area is 500 Å². The van der Waals surface area contributed by atoms with Crippen molar-refractivity contribution in [2.45, 2.75) is 309 Å². The number of carbonyl (C=O) groups is 3. The van der Waals surface area contributed by atoms with Gasteiger partial charge in [0.15, 0.2) is 6.10 Å². The van der Waals surface area contributed by atoms with E-state index in [9.17, 15) is 14.4 Å². The summed E-state index contributed by atoms with van der Waals surface area (Å²) in [7, 11) is 0. The Balaban J connectivity index is 4.31. The average molecular weight is 1120 g/mol. The third-order valence-corrected chi connectivity index (χ3v) is 14.1. The fraction of sp³-hybridized carbons (Fsp3) is 0.667. The summed E-state index contributed by atoms with van der Waals surface area (Å²) >= 11 is 0. The van der Waals surface area contributed by atoms with E-state index >= 15 is 0 Å². The third-order valence-electron chi connectivity index (χ3n) is 14.1. The fourth-order valence-corrected chi connectivity index (χ4v) is 9.11. The van der Waals surface area contributed by atoms with E-state index in [0.29, 0.717) is 19.3 Å². The van der Waals surface area contributed by atoms with E-state index in [-0.39, 0.29) is 31.1 Å². The zero-order chi connectivity index (χ0) is 58.5. The molecule has 0 rings (SSSR count). The van der Waals surface area contributed by atoms with Crippen molar-refractivity contribution in [1.29, 1.82) is 0 Å². The SMILES string of the molecule is CC/C=C\C/C=C\C/C=C\C/C=C\C/C=C\C/C=C\C/C=C\C/C=C\C/C=C\C/C=C\CCCCCCC(=O)OCC(COC(=O)CCCCCCCCCCCCCCCC)OC(=O)CCCCCCC/C=C\CCCCCCC. The molecule has 460 valence electrons. The summed E-state index contributed by atoms with van der Waals surface area (Å²) in [5.74, 6) is -0.918. The van der Waals surface area contributed by atoms with E-state index in [4.69, 9.17) is 14.2 Å². The van der Waals surface area contributed by atoms with Gasteiger partial charge < -0.3 is 14.2 Å². The van der Waals surface area contributed by atoms with Crippen LogP contribution in [0.25, 0.3) is 0 Å². The Kier molecular flexibility index (Phi) is 64.3. The summed E-state index contributed by atoms with van der Waals surface area (Å²) in [5.41, 5.74) is 0. The first-order chi connectivity index (χ1) is 40.0. The summed E-state index contributed by atoms with van der Waals surface area (Å²) in [5, 5.41) is 0. The highest BCUT2D eigenvalue weighted by atomic mass is 16.6. The summed E-state index contributed by atoms with van der Waals surface area (Å²) in [6, 6.07) is 0. The predicted octanol–water partition coefficient (Wildman–Crippen LogP) is 23.3. The van der Waals surface area contributed by atoms with Crippen molar-refractivity contribution in [3.05, 3.63) is 134 Å². The minimum atomic E-state index is -0.795. The number of allylic oxidation sites excluding steroid dienone is 22. The van der Waals surface area contributed by atoms with Crippen LogP contribution in [0.1, 0.15) is 303 Å². The van der Waals surface area contributed by atoms with Gasteiger partial charge in [-0.15, -0.1) is 0 Å². The van der Waals surface area contributed by atoms with Crippen molar-refractivity contribution < 1.29 is 28.6 Å². The Hall–Kier alpha value is -4.45. The number of rotatable bonds is 60. The zero-order valence-electron chi connectivity index (χ0n) is 52.8. The van der Waals surface area contributed by atoms with Crippen molar-refractivity contribution in [3.8, 4) is 0 Å². The normalized spacial score (nSPS) is 13.0. The molecule has 1 unspecified atom stereocenters. The van der Waals surface area contributed by atoms with Gasteiger partial charge in [0.2, 0.25) is 0 Å². The predicted molar refractivity (Wildman–Crippen MR) is 353 cm³/mol. The molecule has 81 heavy (non-hydrogen) atoms. The Morgan fingerprint density at radius 3 is 0.765 bits per heavy atom. The standard InChI is InChI=1S/C75H124O6/c1-4-7-10-13-16-19-22-25-28-29-30-31-32-33-34-35-36-37-38-39-40-41-42-43-44-45-46-47-48-51-53-56-59-62-65-68-74(77)80-71-72(81-75(78)69-66-63-60-57-54-50-27-24-21-18-15-12-9-6-3)70-79-73(76)67-64-61-58-55-52-49-26-23-20-17-14-11-8-5-2/h7,10,16,19,24-25,27-28,30-31,33-34,36-37,39-40,42-43,45-46,48,51,72H,4-6,8-9,11-15,17-18,20-23,26,29,32,35,38,41,44,47,49-50,52-71H2,1-3H3/b10-7-,19-16-,27-24-,28-25-,31-30-,34-33-,37-36-,40-39-,43-42-,46-45-,51-48-. The van der Waals surface area contributed by atoms with Crippen LogP contribution in [0.2, 0.25) is 0 Å². The molecular formula is C75H124O6. The lowest BCUT2D eigenvalue weighted by Crippen LogP contribution is -2.30. The molecule has 0 N–H and O–H groups in total. The summed E-state index contributed by atoms with van der Waals surface area (Å²) in [6.07, 6.45) is 96.1. The van der Waals surface area contributed by atoms with Gasteiger partial charge in [-0.25, -0.2) is 0 Å². The van der Waals surface area contributed by atoms with Crippen LogP contribution in [0.3, 0.4) is 0 Å². The second-order valence-corrected chi connectivity index (χ2v) is 22.0. The summed E-state index contributed by atoms with van der Waals surface area (Å²) < 4.78 is 16.9. The zero-order valence-corrected chi connectivity index (χ0v) is 52.8. The molecule has 0 heterocycles. The van der Waals surface area contributed by atoms with Crippen LogP contribution < -0.4 is 0 Å². The molecule has 6 nitrogen and oxygen atoms in total. The highest BCUT2D eigenvalue weighted by molar-refractivity contribution is 5.71. The lowest BCUT2D eigenvalue weighted by atomic mass is 10.0. The molecule has 0 aromatic rings. The largest absolute Gasteiger partial charge is 0.462 e. The van der Waals surface area contributed by atoms with E-state index in [0.717, 1.165) is 148 Å². The highest BCUT2D eigenvalue weighted by Crippen LogP contribution is 2.16. The maximum Gasteiger partial charge on any atom is 0.306 e. The Morgan fingerprint density at radius 2 is 0.481 bits per heavy atom. The first-order valence-electron chi connectivity index (χ1n) is 33.7. The molecule has 0 bridgehead atoms.